The first-order valence-electron chi connectivity index (χ1n) is 5.44. The molecule has 3 rings (SSSR count). The third-order valence-electron chi connectivity index (χ3n) is 2.84. The predicted molar refractivity (Wildman–Crippen MR) is 65.6 cm³/mol. The zero-order valence-corrected chi connectivity index (χ0v) is 9.63. The van der Waals surface area contributed by atoms with Crippen molar-refractivity contribution < 1.29 is 9.50 Å². The molecule has 0 saturated carbocycles. The van der Waals surface area contributed by atoms with E-state index in [0.29, 0.717) is 17.0 Å². The fourth-order valence-corrected chi connectivity index (χ4v) is 1.98. The standard InChI is InChI=1S/C13H10FN3O/c1-17-12-9(5-3-7-15-12)16-13(17)11-8(14)4-2-6-10(11)18/h2-7,18H,1H3. The Morgan fingerprint density at radius 1 is 1.22 bits per heavy atom. The molecule has 0 saturated heterocycles. The number of fused-ring (bicyclic) bond motifs is 1. The molecule has 1 N–H and O–H groups in total. The molecule has 0 atom stereocenters. The van der Waals surface area contributed by atoms with Crippen LogP contribution < -0.4 is 0 Å². The quantitative estimate of drug-likeness (QED) is 0.714. The van der Waals surface area contributed by atoms with Gasteiger partial charge in [0.1, 0.15) is 22.9 Å². The second kappa shape index (κ2) is 3.80. The fraction of sp³-hybridized carbons (Fsp3) is 0.0769. The third-order valence-corrected chi connectivity index (χ3v) is 2.84. The van der Waals surface area contributed by atoms with E-state index in [1.807, 2.05) is 0 Å². The number of hydrogen-bond donors (Lipinski definition) is 1. The van der Waals surface area contributed by atoms with Crippen molar-refractivity contribution in [3.8, 4) is 17.1 Å². The van der Waals surface area contributed by atoms with Crippen LogP contribution in [0.25, 0.3) is 22.6 Å². The lowest BCUT2D eigenvalue weighted by atomic mass is 10.2. The number of aryl methyl sites for hydroxylation is 1. The third kappa shape index (κ3) is 1.44. The van der Waals surface area contributed by atoms with E-state index in [4.69, 9.17) is 0 Å². The van der Waals surface area contributed by atoms with Crippen molar-refractivity contribution in [1.29, 1.82) is 0 Å². The van der Waals surface area contributed by atoms with E-state index in [-0.39, 0.29) is 11.3 Å². The van der Waals surface area contributed by atoms with Gasteiger partial charge in [-0.1, -0.05) is 6.07 Å². The van der Waals surface area contributed by atoms with Crippen LogP contribution in [0.5, 0.6) is 5.75 Å². The maximum atomic E-state index is 13.8. The lowest BCUT2D eigenvalue weighted by Gasteiger charge is -2.05. The molecule has 90 valence electrons. The van der Waals surface area contributed by atoms with Crippen molar-refractivity contribution in [3.05, 3.63) is 42.3 Å². The molecule has 2 aromatic heterocycles. The highest BCUT2D eigenvalue weighted by molar-refractivity contribution is 5.78. The highest BCUT2D eigenvalue weighted by atomic mass is 19.1. The highest BCUT2D eigenvalue weighted by Gasteiger charge is 2.17. The van der Waals surface area contributed by atoms with Crippen molar-refractivity contribution in [1.82, 2.24) is 14.5 Å². The number of phenols is 1. The number of pyridine rings is 1. The number of hydrogen-bond acceptors (Lipinski definition) is 3. The minimum atomic E-state index is -0.506. The summed E-state index contributed by atoms with van der Waals surface area (Å²) < 4.78 is 15.5. The molecule has 0 aliphatic carbocycles. The van der Waals surface area contributed by atoms with Crippen molar-refractivity contribution >= 4 is 11.2 Å². The van der Waals surface area contributed by atoms with Crippen molar-refractivity contribution in [2.45, 2.75) is 0 Å². The molecule has 0 fully saturated rings. The Balaban J connectivity index is 2.36. The topological polar surface area (TPSA) is 50.9 Å². The van der Waals surface area contributed by atoms with Gasteiger partial charge in [-0.15, -0.1) is 0 Å². The minimum absolute atomic E-state index is 0.0954. The average Bonchev–Trinajstić information content (AvgIpc) is 2.68. The summed E-state index contributed by atoms with van der Waals surface area (Å²) in [5.41, 5.74) is 1.41. The van der Waals surface area contributed by atoms with Gasteiger partial charge in [0, 0.05) is 13.2 Å². The van der Waals surface area contributed by atoms with Gasteiger partial charge in [0.25, 0.3) is 0 Å². The smallest absolute Gasteiger partial charge is 0.160 e. The number of aromatic hydroxyl groups is 1. The van der Waals surface area contributed by atoms with E-state index in [1.54, 1.807) is 29.9 Å². The summed E-state index contributed by atoms with van der Waals surface area (Å²) in [5.74, 6) is -0.277. The zero-order valence-electron chi connectivity index (χ0n) is 9.63. The van der Waals surface area contributed by atoms with Crippen LogP contribution in [0.3, 0.4) is 0 Å². The van der Waals surface area contributed by atoms with Gasteiger partial charge in [0.15, 0.2) is 5.65 Å². The molecule has 0 bridgehead atoms. The monoisotopic (exact) mass is 243 g/mol. The molecule has 18 heavy (non-hydrogen) atoms. The Morgan fingerprint density at radius 2 is 2.06 bits per heavy atom. The first-order valence-corrected chi connectivity index (χ1v) is 5.44. The minimum Gasteiger partial charge on any atom is -0.507 e. The zero-order chi connectivity index (χ0) is 12.7. The van der Waals surface area contributed by atoms with Crippen molar-refractivity contribution in [2.75, 3.05) is 0 Å². The van der Waals surface area contributed by atoms with Gasteiger partial charge >= 0.3 is 0 Å². The average molecular weight is 243 g/mol. The molecule has 5 heteroatoms. The molecule has 0 aliphatic rings. The summed E-state index contributed by atoms with van der Waals surface area (Å²) in [7, 11) is 1.74. The van der Waals surface area contributed by atoms with Crippen LogP contribution in [0.1, 0.15) is 0 Å². The first-order chi connectivity index (χ1) is 8.68. The van der Waals surface area contributed by atoms with Gasteiger partial charge in [0.2, 0.25) is 0 Å². The number of nitrogens with zero attached hydrogens (tertiary/aromatic N) is 3. The van der Waals surface area contributed by atoms with Crippen LogP contribution in [-0.4, -0.2) is 19.6 Å². The Bertz CT molecular complexity index is 716. The molecule has 1 aromatic carbocycles. The summed E-state index contributed by atoms with van der Waals surface area (Å²) in [6.07, 6.45) is 1.65. The molecule has 4 nitrogen and oxygen atoms in total. The van der Waals surface area contributed by atoms with E-state index < -0.39 is 5.82 Å². The molecule has 0 aliphatic heterocycles. The van der Waals surface area contributed by atoms with Crippen LogP contribution in [0.2, 0.25) is 0 Å². The van der Waals surface area contributed by atoms with Gasteiger partial charge in [-0.05, 0) is 24.3 Å². The fourth-order valence-electron chi connectivity index (χ4n) is 1.98. The van der Waals surface area contributed by atoms with Crippen LogP contribution in [-0.2, 0) is 7.05 Å². The Morgan fingerprint density at radius 3 is 2.78 bits per heavy atom. The second-order valence-electron chi connectivity index (χ2n) is 3.97. The second-order valence-corrected chi connectivity index (χ2v) is 3.97. The molecule has 0 radical (unpaired) electrons. The molecule has 3 aromatic rings. The summed E-state index contributed by atoms with van der Waals surface area (Å²) in [5, 5.41) is 9.78. The van der Waals surface area contributed by atoms with Gasteiger partial charge in [-0.3, -0.25) is 0 Å². The first kappa shape index (κ1) is 10.7. The molecule has 0 amide bonds. The van der Waals surface area contributed by atoms with E-state index >= 15 is 0 Å². The highest BCUT2D eigenvalue weighted by Crippen LogP contribution is 2.32. The maximum absolute atomic E-state index is 13.8. The summed E-state index contributed by atoms with van der Waals surface area (Å²) in [4.78, 5) is 8.49. The lowest BCUT2D eigenvalue weighted by Crippen LogP contribution is -1.96. The van der Waals surface area contributed by atoms with Crippen LogP contribution in [0, 0.1) is 5.82 Å². The number of halogens is 1. The SMILES string of the molecule is Cn1c(-c2c(O)cccc2F)nc2cccnc21. The Hall–Kier alpha value is -2.43. The van der Waals surface area contributed by atoms with Crippen LogP contribution in [0.4, 0.5) is 4.39 Å². The van der Waals surface area contributed by atoms with E-state index in [0.717, 1.165) is 0 Å². The molecule has 0 spiro atoms. The number of rotatable bonds is 1. The predicted octanol–water partition coefficient (Wildman–Crippen LogP) is 2.48. The number of benzene rings is 1. The van der Waals surface area contributed by atoms with E-state index in [1.165, 1.54) is 18.2 Å². The van der Waals surface area contributed by atoms with Crippen LogP contribution in [0.15, 0.2) is 36.5 Å². The summed E-state index contributed by atoms with van der Waals surface area (Å²) in [6, 6.07) is 7.74. The number of imidazole rings is 1. The summed E-state index contributed by atoms with van der Waals surface area (Å²) >= 11 is 0. The molecule has 2 heterocycles. The maximum Gasteiger partial charge on any atom is 0.160 e. The molecule has 0 unspecified atom stereocenters. The number of aromatic nitrogens is 3. The van der Waals surface area contributed by atoms with Crippen molar-refractivity contribution in [2.24, 2.45) is 7.05 Å². The summed E-state index contributed by atoms with van der Waals surface area (Å²) in [6.45, 7) is 0. The van der Waals surface area contributed by atoms with Crippen LogP contribution >= 0.6 is 0 Å². The van der Waals surface area contributed by atoms with Gasteiger partial charge < -0.3 is 9.67 Å². The Labute approximate surface area is 102 Å². The largest absolute Gasteiger partial charge is 0.507 e. The van der Waals surface area contributed by atoms with Gasteiger partial charge in [-0.2, -0.15) is 0 Å². The van der Waals surface area contributed by atoms with Crippen molar-refractivity contribution in [3.63, 3.8) is 0 Å². The lowest BCUT2D eigenvalue weighted by molar-refractivity contribution is 0.471. The molecular weight excluding hydrogens is 233 g/mol. The normalized spacial score (nSPS) is 11.0. The van der Waals surface area contributed by atoms with Gasteiger partial charge in [-0.25, -0.2) is 14.4 Å². The van der Waals surface area contributed by atoms with E-state index in [2.05, 4.69) is 9.97 Å². The van der Waals surface area contributed by atoms with E-state index in [9.17, 15) is 9.50 Å². The van der Waals surface area contributed by atoms with Gasteiger partial charge in [0.05, 0.1) is 5.56 Å². The Kier molecular flexibility index (Phi) is 2.26. The molecular formula is C13H10FN3O. The number of phenolic OH excluding ortho intramolecular Hbond substituents is 1.